The average molecular weight is 379 g/mol. The number of carbonyl (C=O) groups is 2. The first-order chi connectivity index (χ1) is 12.2. The lowest BCUT2D eigenvalue weighted by molar-refractivity contribution is -0.124. The molecule has 0 aliphatic rings. The summed E-state index contributed by atoms with van der Waals surface area (Å²) < 4.78 is 32.0. The standard InChI is InChI=1S/C17H21N3O5S/c1-12-6-4-5-7-13(12)9-19-16(21)11-25-17(22)15-8-14(10-20(15)3)26(23,24)18-2/h4-8,10,18H,9,11H2,1-3H3,(H,19,21). The fourth-order valence-corrected chi connectivity index (χ4v) is 3.06. The van der Waals surface area contributed by atoms with E-state index in [1.165, 1.54) is 30.9 Å². The van der Waals surface area contributed by atoms with E-state index in [0.717, 1.165) is 11.1 Å². The zero-order valence-electron chi connectivity index (χ0n) is 14.8. The number of benzene rings is 1. The molecule has 1 heterocycles. The number of aromatic nitrogens is 1. The van der Waals surface area contributed by atoms with Gasteiger partial charge in [-0.2, -0.15) is 0 Å². The Morgan fingerprint density at radius 2 is 1.92 bits per heavy atom. The van der Waals surface area contributed by atoms with Crippen molar-refractivity contribution in [1.29, 1.82) is 0 Å². The lowest BCUT2D eigenvalue weighted by atomic mass is 10.1. The Hall–Kier alpha value is -2.65. The van der Waals surface area contributed by atoms with Gasteiger partial charge < -0.3 is 14.6 Å². The van der Waals surface area contributed by atoms with Crippen LogP contribution in [0.2, 0.25) is 0 Å². The van der Waals surface area contributed by atoms with E-state index in [9.17, 15) is 18.0 Å². The average Bonchev–Trinajstić information content (AvgIpc) is 3.01. The third-order valence-corrected chi connectivity index (χ3v) is 5.22. The SMILES string of the molecule is CNS(=O)(=O)c1cc(C(=O)OCC(=O)NCc2ccccc2C)n(C)c1. The topological polar surface area (TPSA) is 106 Å². The molecule has 0 fully saturated rings. The summed E-state index contributed by atoms with van der Waals surface area (Å²) in [5.41, 5.74) is 2.05. The van der Waals surface area contributed by atoms with Gasteiger partial charge >= 0.3 is 5.97 Å². The van der Waals surface area contributed by atoms with Gasteiger partial charge in [0.2, 0.25) is 10.0 Å². The van der Waals surface area contributed by atoms with E-state index in [2.05, 4.69) is 10.0 Å². The molecule has 0 saturated carbocycles. The second-order valence-corrected chi connectivity index (χ2v) is 7.55. The smallest absolute Gasteiger partial charge is 0.355 e. The minimum Gasteiger partial charge on any atom is -0.451 e. The van der Waals surface area contributed by atoms with Crippen molar-refractivity contribution in [2.75, 3.05) is 13.7 Å². The van der Waals surface area contributed by atoms with Crippen LogP contribution in [0.4, 0.5) is 0 Å². The number of carbonyl (C=O) groups excluding carboxylic acids is 2. The molecule has 0 aliphatic heterocycles. The molecule has 8 nitrogen and oxygen atoms in total. The van der Waals surface area contributed by atoms with Gasteiger partial charge in [-0.3, -0.25) is 4.79 Å². The molecule has 0 spiro atoms. The first-order valence-corrected chi connectivity index (χ1v) is 9.31. The maximum absolute atomic E-state index is 12.1. The van der Waals surface area contributed by atoms with E-state index < -0.39 is 28.5 Å². The molecule has 2 N–H and O–H groups in total. The van der Waals surface area contributed by atoms with Crippen LogP contribution in [0, 0.1) is 6.92 Å². The van der Waals surface area contributed by atoms with Gasteiger partial charge in [-0.25, -0.2) is 17.9 Å². The quantitative estimate of drug-likeness (QED) is 0.689. The summed E-state index contributed by atoms with van der Waals surface area (Å²) in [6.45, 7) is 1.81. The first-order valence-electron chi connectivity index (χ1n) is 7.83. The molecule has 2 rings (SSSR count). The van der Waals surface area contributed by atoms with Crippen LogP contribution in [0.15, 0.2) is 41.4 Å². The van der Waals surface area contributed by atoms with Crippen molar-refractivity contribution in [3.05, 3.63) is 53.3 Å². The predicted octanol–water partition coefficient (Wildman–Crippen LogP) is 0.715. The van der Waals surface area contributed by atoms with Crippen LogP contribution < -0.4 is 10.0 Å². The number of nitrogens with zero attached hydrogens (tertiary/aromatic N) is 1. The summed E-state index contributed by atoms with van der Waals surface area (Å²) >= 11 is 0. The third kappa shape index (κ3) is 4.70. The van der Waals surface area contributed by atoms with E-state index in [4.69, 9.17) is 4.74 Å². The molecule has 26 heavy (non-hydrogen) atoms. The van der Waals surface area contributed by atoms with Gasteiger partial charge in [0.25, 0.3) is 5.91 Å². The monoisotopic (exact) mass is 379 g/mol. The minimum atomic E-state index is -3.67. The zero-order valence-corrected chi connectivity index (χ0v) is 15.6. The van der Waals surface area contributed by atoms with Crippen LogP contribution in [0.1, 0.15) is 21.6 Å². The summed E-state index contributed by atoms with van der Waals surface area (Å²) in [6.07, 6.45) is 1.29. The Balaban J connectivity index is 1.92. The Bertz CT molecular complexity index is 918. The molecule has 1 aromatic heterocycles. The van der Waals surface area contributed by atoms with Crippen LogP contribution >= 0.6 is 0 Å². The van der Waals surface area contributed by atoms with Gasteiger partial charge in [-0.05, 0) is 31.2 Å². The van der Waals surface area contributed by atoms with Crippen molar-refractivity contribution in [3.63, 3.8) is 0 Å². The maximum atomic E-state index is 12.1. The third-order valence-electron chi connectivity index (χ3n) is 3.84. The van der Waals surface area contributed by atoms with Gasteiger partial charge in [0, 0.05) is 19.8 Å². The molecule has 9 heteroatoms. The normalized spacial score (nSPS) is 11.2. The highest BCUT2D eigenvalue weighted by atomic mass is 32.2. The molecule has 0 unspecified atom stereocenters. The molecule has 0 radical (unpaired) electrons. The number of nitrogens with one attached hydrogen (secondary N) is 2. The van der Waals surface area contributed by atoms with Crippen LogP contribution in [0.25, 0.3) is 0 Å². The fourth-order valence-electron chi connectivity index (χ4n) is 2.26. The Labute approximate surface area is 152 Å². The summed E-state index contributed by atoms with van der Waals surface area (Å²) in [4.78, 5) is 23.9. The van der Waals surface area contributed by atoms with Gasteiger partial charge in [-0.1, -0.05) is 24.3 Å². The van der Waals surface area contributed by atoms with Crippen molar-refractivity contribution in [3.8, 4) is 0 Å². The van der Waals surface area contributed by atoms with E-state index in [1.54, 1.807) is 0 Å². The summed E-state index contributed by atoms with van der Waals surface area (Å²) in [7, 11) is -0.872. The summed E-state index contributed by atoms with van der Waals surface area (Å²) in [6, 6.07) is 8.81. The molecule has 140 valence electrons. The second kappa shape index (κ2) is 8.15. The number of hydrogen-bond acceptors (Lipinski definition) is 5. The molecule has 0 aliphatic carbocycles. The highest BCUT2D eigenvalue weighted by Gasteiger charge is 2.20. The molecule has 0 saturated heterocycles. The van der Waals surface area contributed by atoms with E-state index >= 15 is 0 Å². The molecular weight excluding hydrogens is 358 g/mol. The molecule has 0 atom stereocenters. The highest BCUT2D eigenvalue weighted by Crippen LogP contribution is 2.14. The predicted molar refractivity (Wildman–Crippen MR) is 95.0 cm³/mol. The number of sulfonamides is 1. The number of aryl methyl sites for hydroxylation is 2. The molecule has 0 bridgehead atoms. The maximum Gasteiger partial charge on any atom is 0.355 e. The lowest BCUT2D eigenvalue weighted by Gasteiger charge is -2.08. The minimum absolute atomic E-state index is 0.0329. The van der Waals surface area contributed by atoms with Crippen LogP contribution in [0.3, 0.4) is 0 Å². The van der Waals surface area contributed by atoms with Gasteiger partial charge in [-0.15, -0.1) is 0 Å². The van der Waals surface area contributed by atoms with Crippen molar-refractivity contribution >= 4 is 21.9 Å². The van der Waals surface area contributed by atoms with E-state index in [0.29, 0.717) is 6.54 Å². The lowest BCUT2D eigenvalue weighted by Crippen LogP contribution is -2.28. The van der Waals surface area contributed by atoms with Crippen LogP contribution in [-0.4, -0.2) is 38.5 Å². The Kier molecular flexibility index (Phi) is 6.17. The van der Waals surface area contributed by atoms with Crippen molar-refractivity contribution in [2.45, 2.75) is 18.4 Å². The zero-order chi connectivity index (χ0) is 19.3. The van der Waals surface area contributed by atoms with Crippen LogP contribution in [0.5, 0.6) is 0 Å². The van der Waals surface area contributed by atoms with Crippen molar-refractivity contribution in [2.24, 2.45) is 7.05 Å². The van der Waals surface area contributed by atoms with E-state index in [-0.39, 0.29) is 10.6 Å². The number of ether oxygens (including phenoxy) is 1. The first kappa shape index (κ1) is 19.7. The Morgan fingerprint density at radius 3 is 2.58 bits per heavy atom. The molecular formula is C17H21N3O5S. The van der Waals surface area contributed by atoms with Gasteiger partial charge in [0.1, 0.15) is 10.6 Å². The fraction of sp³-hybridized carbons (Fsp3) is 0.294. The van der Waals surface area contributed by atoms with Crippen molar-refractivity contribution in [1.82, 2.24) is 14.6 Å². The van der Waals surface area contributed by atoms with Crippen LogP contribution in [-0.2, 0) is 33.1 Å². The van der Waals surface area contributed by atoms with Crippen molar-refractivity contribution < 1.29 is 22.7 Å². The largest absolute Gasteiger partial charge is 0.451 e. The number of hydrogen-bond donors (Lipinski definition) is 2. The molecule has 1 amide bonds. The summed E-state index contributed by atoms with van der Waals surface area (Å²) in [5, 5.41) is 2.67. The van der Waals surface area contributed by atoms with Gasteiger partial charge in [0.05, 0.1) is 0 Å². The van der Waals surface area contributed by atoms with Gasteiger partial charge in [0.15, 0.2) is 6.61 Å². The summed E-state index contributed by atoms with van der Waals surface area (Å²) in [5.74, 6) is -1.23. The number of esters is 1. The molecule has 1 aromatic carbocycles. The second-order valence-electron chi connectivity index (χ2n) is 5.66. The highest BCUT2D eigenvalue weighted by molar-refractivity contribution is 7.89. The number of rotatable bonds is 7. The number of amides is 1. The van der Waals surface area contributed by atoms with E-state index in [1.807, 2.05) is 31.2 Å². The molecule has 2 aromatic rings. The Morgan fingerprint density at radius 1 is 1.23 bits per heavy atom.